The summed E-state index contributed by atoms with van der Waals surface area (Å²) < 4.78 is 0.923. The number of halogens is 1. The van der Waals surface area contributed by atoms with E-state index in [0.717, 1.165) is 20.9 Å². The van der Waals surface area contributed by atoms with E-state index in [4.69, 9.17) is 5.11 Å². The number of aromatic nitrogens is 1. The molecule has 1 amide bonds. The number of fused-ring (bicyclic) bond motifs is 1. The topological polar surface area (TPSA) is 82.2 Å². The van der Waals surface area contributed by atoms with Crippen LogP contribution in [-0.4, -0.2) is 28.0 Å². The molecule has 0 radical (unpaired) electrons. The van der Waals surface area contributed by atoms with Crippen LogP contribution in [-0.2, 0) is 16.0 Å². The summed E-state index contributed by atoms with van der Waals surface area (Å²) in [5.41, 5.74) is 1.79. The number of benzene rings is 1. The van der Waals surface area contributed by atoms with E-state index in [1.165, 1.54) is 6.92 Å². The molecule has 0 saturated carbocycles. The SMILES string of the molecule is CC(=O)NC(Cc1c[nH]c2ccc(Br)cc12)C(=O)O. The standard InChI is InChI=1S/C13H13BrN2O3/c1-7(17)16-12(13(18)19)4-8-6-15-11-3-2-9(14)5-10(8)11/h2-3,5-6,12,15H,4H2,1H3,(H,16,17)(H,18,19). The Morgan fingerprint density at radius 2 is 2.21 bits per heavy atom. The molecule has 3 N–H and O–H groups in total. The number of carboxylic acid groups (broad SMARTS) is 1. The predicted molar refractivity (Wildman–Crippen MR) is 74.9 cm³/mol. The molecule has 1 aromatic carbocycles. The molecule has 0 bridgehead atoms. The van der Waals surface area contributed by atoms with Gasteiger partial charge in [0, 0.05) is 34.9 Å². The van der Waals surface area contributed by atoms with Crippen LogP contribution in [0, 0.1) is 0 Å². The van der Waals surface area contributed by atoms with Crippen molar-refractivity contribution in [2.75, 3.05) is 0 Å². The number of nitrogens with one attached hydrogen (secondary N) is 2. The van der Waals surface area contributed by atoms with Gasteiger partial charge in [0.1, 0.15) is 6.04 Å². The third-order valence-electron chi connectivity index (χ3n) is 2.83. The van der Waals surface area contributed by atoms with Crippen molar-refractivity contribution >= 4 is 38.7 Å². The molecule has 19 heavy (non-hydrogen) atoms. The van der Waals surface area contributed by atoms with Crippen molar-refractivity contribution in [2.45, 2.75) is 19.4 Å². The van der Waals surface area contributed by atoms with Gasteiger partial charge < -0.3 is 15.4 Å². The Labute approximate surface area is 118 Å². The minimum atomic E-state index is -1.04. The van der Waals surface area contributed by atoms with Gasteiger partial charge in [-0.05, 0) is 23.8 Å². The Morgan fingerprint density at radius 3 is 2.84 bits per heavy atom. The third kappa shape index (κ3) is 3.14. The lowest BCUT2D eigenvalue weighted by Crippen LogP contribution is -2.41. The lowest BCUT2D eigenvalue weighted by Gasteiger charge is -2.12. The largest absolute Gasteiger partial charge is 0.480 e. The van der Waals surface area contributed by atoms with E-state index in [1.807, 2.05) is 18.2 Å². The maximum atomic E-state index is 11.1. The minimum Gasteiger partial charge on any atom is -0.480 e. The molecule has 5 nitrogen and oxygen atoms in total. The average molecular weight is 325 g/mol. The summed E-state index contributed by atoms with van der Waals surface area (Å²) >= 11 is 3.39. The lowest BCUT2D eigenvalue weighted by molar-refractivity contribution is -0.141. The van der Waals surface area contributed by atoms with E-state index in [-0.39, 0.29) is 12.3 Å². The summed E-state index contributed by atoms with van der Waals surface area (Å²) in [6.45, 7) is 1.31. The Balaban J connectivity index is 2.31. The van der Waals surface area contributed by atoms with Gasteiger partial charge in [-0.3, -0.25) is 4.79 Å². The molecule has 0 aliphatic rings. The molecule has 1 heterocycles. The average Bonchev–Trinajstić information content (AvgIpc) is 2.70. The second-order valence-corrected chi connectivity index (χ2v) is 5.21. The molecule has 0 saturated heterocycles. The van der Waals surface area contributed by atoms with Crippen LogP contribution < -0.4 is 5.32 Å². The highest BCUT2D eigenvalue weighted by Crippen LogP contribution is 2.23. The van der Waals surface area contributed by atoms with Gasteiger partial charge in [0.2, 0.25) is 5.91 Å². The molecule has 0 spiro atoms. The summed E-state index contributed by atoms with van der Waals surface area (Å²) in [7, 11) is 0. The molecule has 100 valence electrons. The van der Waals surface area contributed by atoms with Crippen LogP contribution in [0.2, 0.25) is 0 Å². The van der Waals surface area contributed by atoms with Crippen LogP contribution in [0.25, 0.3) is 10.9 Å². The van der Waals surface area contributed by atoms with Gasteiger partial charge in [0.25, 0.3) is 0 Å². The molecular weight excluding hydrogens is 312 g/mol. The van der Waals surface area contributed by atoms with Gasteiger partial charge in [0.05, 0.1) is 0 Å². The fourth-order valence-electron chi connectivity index (χ4n) is 1.98. The monoisotopic (exact) mass is 324 g/mol. The summed E-state index contributed by atoms with van der Waals surface area (Å²) in [4.78, 5) is 25.2. The van der Waals surface area contributed by atoms with Crippen LogP contribution >= 0.6 is 15.9 Å². The normalized spacial score (nSPS) is 12.3. The number of hydrogen-bond acceptors (Lipinski definition) is 2. The second-order valence-electron chi connectivity index (χ2n) is 4.30. The Morgan fingerprint density at radius 1 is 1.47 bits per heavy atom. The van der Waals surface area contributed by atoms with Gasteiger partial charge in [0.15, 0.2) is 0 Å². The van der Waals surface area contributed by atoms with Gasteiger partial charge >= 0.3 is 5.97 Å². The maximum Gasteiger partial charge on any atom is 0.326 e. The first kappa shape index (κ1) is 13.6. The van der Waals surface area contributed by atoms with Crippen LogP contribution in [0.1, 0.15) is 12.5 Å². The molecule has 2 rings (SSSR count). The molecular formula is C13H13BrN2O3. The van der Waals surface area contributed by atoms with Crippen molar-refractivity contribution in [3.8, 4) is 0 Å². The second kappa shape index (κ2) is 5.44. The lowest BCUT2D eigenvalue weighted by atomic mass is 10.1. The fourth-order valence-corrected chi connectivity index (χ4v) is 2.35. The van der Waals surface area contributed by atoms with Crippen molar-refractivity contribution in [2.24, 2.45) is 0 Å². The first-order chi connectivity index (χ1) is 8.97. The Hall–Kier alpha value is -1.82. The number of amides is 1. The smallest absolute Gasteiger partial charge is 0.326 e. The van der Waals surface area contributed by atoms with E-state index in [2.05, 4.69) is 26.2 Å². The van der Waals surface area contributed by atoms with Gasteiger partial charge in [-0.2, -0.15) is 0 Å². The van der Waals surface area contributed by atoms with E-state index >= 15 is 0 Å². The Kier molecular flexibility index (Phi) is 3.90. The van der Waals surface area contributed by atoms with E-state index < -0.39 is 12.0 Å². The highest BCUT2D eigenvalue weighted by molar-refractivity contribution is 9.10. The van der Waals surface area contributed by atoms with Crippen LogP contribution in [0.15, 0.2) is 28.9 Å². The van der Waals surface area contributed by atoms with Crippen molar-refractivity contribution in [1.29, 1.82) is 0 Å². The van der Waals surface area contributed by atoms with Crippen LogP contribution in [0.3, 0.4) is 0 Å². The third-order valence-corrected chi connectivity index (χ3v) is 3.32. The van der Waals surface area contributed by atoms with Crippen molar-refractivity contribution in [3.63, 3.8) is 0 Å². The van der Waals surface area contributed by atoms with E-state index in [9.17, 15) is 9.59 Å². The van der Waals surface area contributed by atoms with Gasteiger partial charge in [-0.1, -0.05) is 15.9 Å². The van der Waals surface area contributed by atoms with Crippen molar-refractivity contribution in [3.05, 3.63) is 34.4 Å². The highest BCUT2D eigenvalue weighted by atomic mass is 79.9. The molecule has 0 aliphatic carbocycles. The first-order valence-electron chi connectivity index (χ1n) is 5.73. The number of hydrogen-bond donors (Lipinski definition) is 3. The van der Waals surface area contributed by atoms with Crippen molar-refractivity contribution < 1.29 is 14.7 Å². The summed E-state index contributed by atoms with van der Waals surface area (Å²) in [6, 6.07) is 4.83. The number of rotatable bonds is 4. The quantitative estimate of drug-likeness (QED) is 0.805. The maximum absolute atomic E-state index is 11.1. The zero-order valence-corrected chi connectivity index (χ0v) is 11.8. The number of H-pyrrole nitrogens is 1. The zero-order chi connectivity index (χ0) is 14.0. The molecule has 2 aromatic rings. The van der Waals surface area contributed by atoms with Gasteiger partial charge in [-0.25, -0.2) is 4.79 Å². The number of aliphatic carboxylic acids is 1. The fraction of sp³-hybridized carbons (Fsp3) is 0.231. The first-order valence-corrected chi connectivity index (χ1v) is 6.52. The predicted octanol–water partition coefficient (Wildman–Crippen LogP) is 2.06. The number of carbonyl (C=O) groups is 2. The number of aromatic amines is 1. The molecule has 6 heteroatoms. The van der Waals surface area contributed by atoms with Crippen LogP contribution in [0.5, 0.6) is 0 Å². The zero-order valence-electron chi connectivity index (χ0n) is 10.2. The molecule has 1 aromatic heterocycles. The molecule has 0 aliphatic heterocycles. The summed E-state index contributed by atoms with van der Waals surface area (Å²) in [5, 5.41) is 12.5. The Bertz CT molecular complexity index is 636. The summed E-state index contributed by atoms with van der Waals surface area (Å²) in [6.07, 6.45) is 2.01. The van der Waals surface area contributed by atoms with E-state index in [0.29, 0.717) is 0 Å². The van der Waals surface area contributed by atoms with Crippen LogP contribution in [0.4, 0.5) is 0 Å². The number of carboxylic acids is 1. The van der Waals surface area contributed by atoms with Gasteiger partial charge in [-0.15, -0.1) is 0 Å². The highest BCUT2D eigenvalue weighted by Gasteiger charge is 2.20. The number of carbonyl (C=O) groups excluding carboxylic acids is 1. The molecule has 0 fully saturated rings. The minimum absolute atomic E-state index is 0.241. The summed E-state index contributed by atoms with van der Waals surface area (Å²) in [5.74, 6) is -1.40. The molecule has 1 atom stereocenters. The molecule has 1 unspecified atom stereocenters. The van der Waals surface area contributed by atoms with E-state index in [1.54, 1.807) is 6.20 Å². The van der Waals surface area contributed by atoms with Crippen molar-refractivity contribution in [1.82, 2.24) is 10.3 Å².